The van der Waals surface area contributed by atoms with Gasteiger partial charge in [0, 0.05) is 22.3 Å². The smallest absolute Gasteiger partial charge is 0.119 e. The summed E-state index contributed by atoms with van der Waals surface area (Å²) in [5.41, 5.74) is 2.15. The molecule has 0 spiro atoms. The van der Waals surface area contributed by atoms with Gasteiger partial charge in [-0.3, -0.25) is 4.21 Å². The first-order valence-electron chi connectivity index (χ1n) is 5.80. The maximum Gasteiger partial charge on any atom is 0.119 e. The average Bonchev–Trinajstić information content (AvgIpc) is 2.40. The summed E-state index contributed by atoms with van der Waals surface area (Å²) in [6, 6.07) is 17.6. The topological polar surface area (TPSA) is 26.3 Å². The summed E-state index contributed by atoms with van der Waals surface area (Å²) >= 11 is 0. The van der Waals surface area contributed by atoms with Crippen molar-refractivity contribution in [1.82, 2.24) is 0 Å². The fourth-order valence-electron chi connectivity index (χ4n) is 1.76. The van der Waals surface area contributed by atoms with Crippen LogP contribution < -0.4 is 4.74 Å². The number of hydrogen-bond donors (Lipinski definition) is 0. The van der Waals surface area contributed by atoms with Crippen LogP contribution in [0.2, 0.25) is 0 Å². The maximum absolute atomic E-state index is 12.1. The number of benzene rings is 2. The third kappa shape index (κ3) is 3.70. The quantitative estimate of drug-likeness (QED) is 0.825. The third-order valence-corrected chi connectivity index (χ3v) is 3.94. The number of ether oxygens (including phenoxy) is 1. The fraction of sp³-hybridized carbons (Fsp3) is 0.200. The summed E-state index contributed by atoms with van der Waals surface area (Å²) in [6.45, 7) is 0. The van der Waals surface area contributed by atoms with E-state index in [1.807, 2.05) is 54.6 Å². The van der Waals surface area contributed by atoms with Crippen LogP contribution in [0.5, 0.6) is 5.75 Å². The van der Waals surface area contributed by atoms with E-state index in [9.17, 15) is 4.21 Å². The molecule has 0 heterocycles. The second kappa shape index (κ2) is 6.36. The maximum atomic E-state index is 12.1. The predicted octanol–water partition coefficient (Wildman–Crippen LogP) is 3.14. The van der Waals surface area contributed by atoms with E-state index in [4.69, 9.17) is 4.74 Å². The molecule has 2 rings (SSSR count). The molecular weight excluding hydrogens is 244 g/mol. The van der Waals surface area contributed by atoms with Crippen LogP contribution in [-0.4, -0.2) is 11.3 Å². The summed E-state index contributed by atoms with van der Waals surface area (Å²) in [6.07, 6.45) is 0. The predicted molar refractivity (Wildman–Crippen MR) is 75.0 cm³/mol. The Morgan fingerprint density at radius 2 is 1.61 bits per heavy atom. The van der Waals surface area contributed by atoms with Crippen molar-refractivity contribution in [2.45, 2.75) is 11.5 Å². The fourth-order valence-corrected chi connectivity index (χ4v) is 2.98. The summed E-state index contributed by atoms with van der Waals surface area (Å²) < 4.78 is 17.2. The van der Waals surface area contributed by atoms with Gasteiger partial charge < -0.3 is 4.74 Å². The van der Waals surface area contributed by atoms with Gasteiger partial charge in [-0.25, -0.2) is 0 Å². The molecule has 0 aliphatic heterocycles. The molecule has 18 heavy (non-hydrogen) atoms. The van der Waals surface area contributed by atoms with E-state index >= 15 is 0 Å². The lowest BCUT2D eigenvalue weighted by Crippen LogP contribution is -1.99. The van der Waals surface area contributed by atoms with Gasteiger partial charge in [0.15, 0.2) is 0 Å². The number of methoxy groups -OCH3 is 1. The molecule has 0 aliphatic rings. The van der Waals surface area contributed by atoms with Crippen molar-refractivity contribution < 1.29 is 8.95 Å². The SMILES string of the molecule is COc1cccc(CS(=O)Cc2ccccc2)c1. The molecule has 2 nitrogen and oxygen atoms in total. The van der Waals surface area contributed by atoms with Gasteiger partial charge in [-0.05, 0) is 23.3 Å². The van der Waals surface area contributed by atoms with E-state index < -0.39 is 10.8 Å². The molecule has 1 unspecified atom stereocenters. The standard InChI is InChI=1S/C15H16O2S/c1-17-15-9-5-8-14(10-15)12-18(16)11-13-6-3-2-4-7-13/h2-10H,11-12H2,1H3. The highest BCUT2D eigenvalue weighted by molar-refractivity contribution is 7.83. The molecule has 0 amide bonds. The van der Waals surface area contributed by atoms with Crippen molar-refractivity contribution in [3.05, 3.63) is 65.7 Å². The van der Waals surface area contributed by atoms with Crippen LogP contribution in [0.3, 0.4) is 0 Å². The minimum atomic E-state index is -0.888. The van der Waals surface area contributed by atoms with Crippen molar-refractivity contribution in [3.63, 3.8) is 0 Å². The second-order valence-corrected chi connectivity index (χ2v) is 5.52. The number of hydrogen-bond acceptors (Lipinski definition) is 2. The van der Waals surface area contributed by atoms with Crippen LogP contribution in [0, 0.1) is 0 Å². The van der Waals surface area contributed by atoms with Crippen LogP contribution in [0.25, 0.3) is 0 Å². The summed E-state index contributed by atoms with van der Waals surface area (Å²) in [5.74, 6) is 1.97. The van der Waals surface area contributed by atoms with Crippen LogP contribution in [0.15, 0.2) is 54.6 Å². The first-order chi connectivity index (χ1) is 8.78. The molecule has 0 fully saturated rings. The molecule has 94 valence electrons. The Bertz CT molecular complexity index is 523. The zero-order valence-corrected chi connectivity index (χ0v) is 11.2. The van der Waals surface area contributed by atoms with Gasteiger partial charge in [-0.15, -0.1) is 0 Å². The molecule has 1 atom stereocenters. The van der Waals surface area contributed by atoms with Crippen molar-refractivity contribution in [1.29, 1.82) is 0 Å². The van der Waals surface area contributed by atoms with Crippen molar-refractivity contribution >= 4 is 10.8 Å². The highest BCUT2D eigenvalue weighted by atomic mass is 32.2. The van der Waals surface area contributed by atoms with E-state index in [0.717, 1.165) is 16.9 Å². The van der Waals surface area contributed by atoms with Crippen LogP contribution in [0.4, 0.5) is 0 Å². The molecule has 0 saturated carbocycles. The normalized spacial score (nSPS) is 12.1. The molecule has 0 aliphatic carbocycles. The Hall–Kier alpha value is -1.61. The third-order valence-electron chi connectivity index (χ3n) is 2.63. The molecule has 0 radical (unpaired) electrons. The monoisotopic (exact) mass is 260 g/mol. The van der Waals surface area contributed by atoms with Gasteiger partial charge in [0.2, 0.25) is 0 Å². The molecule has 0 N–H and O–H groups in total. The summed E-state index contributed by atoms with van der Waals surface area (Å²) in [7, 11) is 0.751. The summed E-state index contributed by atoms with van der Waals surface area (Å²) in [4.78, 5) is 0. The molecule has 0 saturated heterocycles. The van der Waals surface area contributed by atoms with Crippen LogP contribution >= 0.6 is 0 Å². The minimum absolute atomic E-state index is 0.562. The van der Waals surface area contributed by atoms with Crippen molar-refractivity contribution in [2.24, 2.45) is 0 Å². The molecule has 2 aromatic carbocycles. The van der Waals surface area contributed by atoms with E-state index in [1.54, 1.807) is 7.11 Å². The van der Waals surface area contributed by atoms with Crippen LogP contribution in [0.1, 0.15) is 11.1 Å². The Labute approximate surface area is 110 Å². The average molecular weight is 260 g/mol. The minimum Gasteiger partial charge on any atom is -0.497 e. The van der Waals surface area contributed by atoms with Gasteiger partial charge in [0.05, 0.1) is 7.11 Å². The lowest BCUT2D eigenvalue weighted by molar-refractivity contribution is 0.414. The van der Waals surface area contributed by atoms with Gasteiger partial charge in [0.1, 0.15) is 5.75 Å². The Kier molecular flexibility index (Phi) is 4.53. The highest BCUT2D eigenvalue weighted by Crippen LogP contribution is 2.15. The van der Waals surface area contributed by atoms with Gasteiger partial charge in [-0.1, -0.05) is 42.5 Å². The molecule has 0 bridgehead atoms. The molecule has 2 aromatic rings. The first-order valence-corrected chi connectivity index (χ1v) is 7.28. The largest absolute Gasteiger partial charge is 0.497 e. The van der Waals surface area contributed by atoms with E-state index in [2.05, 4.69) is 0 Å². The van der Waals surface area contributed by atoms with Crippen molar-refractivity contribution in [2.75, 3.05) is 7.11 Å². The zero-order valence-electron chi connectivity index (χ0n) is 10.3. The summed E-state index contributed by atoms with van der Waals surface area (Å²) in [5, 5.41) is 0. The lowest BCUT2D eigenvalue weighted by atomic mass is 10.2. The van der Waals surface area contributed by atoms with Gasteiger partial charge in [0.25, 0.3) is 0 Å². The van der Waals surface area contributed by atoms with E-state index in [1.165, 1.54) is 0 Å². The molecule has 0 aromatic heterocycles. The Morgan fingerprint density at radius 1 is 0.944 bits per heavy atom. The van der Waals surface area contributed by atoms with E-state index in [-0.39, 0.29) is 0 Å². The zero-order chi connectivity index (χ0) is 12.8. The Balaban J connectivity index is 1.99. The Morgan fingerprint density at radius 3 is 2.33 bits per heavy atom. The molecule has 3 heteroatoms. The van der Waals surface area contributed by atoms with Crippen molar-refractivity contribution in [3.8, 4) is 5.75 Å². The lowest BCUT2D eigenvalue weighted by Gasteiger charge is -2.05. The van der Waals surface area contributed by atoms with Gasteiger partial charge >= 0.3 is 0 Å². The van der Waals surface area contributed by atoms with E-state index in [0.29, 0.717) is 11.5 Å². The highest BCUT2D eigenvalue weighted by Gasteiger charge is 2.04. The van der Waals surface area contributed by atoms with Crippen LogP contribution in [-0.2, 0) is 22.3 Å². The number of rotatable bonds is 5. The molecular formula is C15H16O2S. The van der Waals surface area contributed by atoms with Gasteiger partial charge in [-0.2, -0.15) is 0 Å². The first kappa shape index (κ1) is 12.8. The second-order valence-electron chi connectivity index (χ2n) is 4.07.